The van der Waals surface area contributed by atoms with Gasteiger partial charge in [-0.15, -0.1) is 0 Å². The topological polar surface area (TPSA) is 69.9 Å². The predicted octanol–water partition coefficient (Wildman–Crippen LogP) is 3.41. The Morgan fingerprint density at radius 3 is 2.52 bits per heavy atom. The summed E-state index contributed by atoms with van der Waals surface area (Å²) < 4.78 is 7.29. The maximum atomic E-state index is 12.6. The molecule has 2 aromatic heterocycles. The molecule has 0 radical (unpaired) electrons. The van der Waals surface area contributed by atoms with Crippen LogP contribution in [0.15, 0.2) is 53.6 Å². The van der Waals surface area contributed by atoms with E-state index >= 15 is 0 Å². The van der Waals surface area contributed by atoms with Crippen molar-refractivity contribution < 1.29 is 4.74 Å². The van der Waals surface area contributed by atoms with E-state index in [0.717, 1.165) is 17.2 Å². The van der Waals surface area contributed by atoms with Gasteiger partial charge in [-0.1, -0.05) is 24.3 Å². The molecule has 1 atom stereocenters. The SMILES string of the molecule is Cc1cc(OCc2ncccn2)nc(=O)n1[C@H](C)c1ccc(C2CC2)cc1. The summed E-state index contributed by atoms with van der Waals surface area (Å²) in [6.45, 7) is 4.08. The highest BCUT2D eigenvalue weighted by atomic mass is 16.5. The number of ether oxygens (including phenoxy) is 1. The van der Waals surface area contributed by atoms with Crippen molar-refractivity contribution in [3.63, 3.8) is 0 Å². The van der Waals surface area contributed by atoms with Crippen LogP contribution in [0.5, 0.6) is 5.88 Å². The summed E-state index contributed by atoms with van der Waals surface area (Å²) in [5, 5.41) is 0. The Labute approximate surface area is 157 Å². The second-order valence-corrected chi connectivity index (χ2v) is 6.96. The van der Waals surface area contributed by atoms with Crippen LogP contribution in [0.1, 0.15) is 54.4 Å². The quantitative estimate of drug-likeness (QED) is 0.672. The minimum atomic E-state index is -0.322. The van der Waals surface area contributed by atoms with E-state index in [4.69, 9.17) is 4.74 Å². The van der Waals surface area contributed by atoms with Gasteiger partial charge in [0.2, 0.25) is 5.88 Å². The molecule has 6 nitrogen and oxygen atoms in total. The van der Waals surface area contributed by atoms with E-state index in [1.165, 1.54) is 18.4 Å². The molecule has 0 spiro atoms. The maximum absolute atomic E-state index is 12.6. The van der Waals surface area contributed by atoms with Crippen molar-refractivity contribution in [1.29, 1.82) is 0 Å². The van der Waals surface area contributed by atoms with E-state index in [0.29, 0.717) is 5.82 Å². The number of benzene rings is 1. The van der Waals surface area contributed by atoms with Crippen LogP contribution in [-0.4, -0.2) is 19.5 Å². The van der Waals surface area contributed by atoms with Gasteiger partial charge in [0.05, 0.1) is 6.04 Å². The first-order valence-corrected chi connectivity index (χ1v) is 9.20. The van der Waals surface area contributed by atoms with Crippen LogP contribution in [0.2, 0.25) is 0 Å². The molecule has 0 N–H and O–H groups in total. The third kappa shape index (κ3) is 3.89. The Balaban J connectivity index is 1.53. The zero-order chi connectivity index (χ0) is 18.8. The molecule has 0 saturated heterocycles. The standard InChI is InChI=1S/C21H22N4O2/c1-14-12-20(27-13-19-22-10-3-11-23-19)24-21(26)25(14)15(2)16-4-6-17(7-5-16)18-8-9-18/h3-7,10-12,15,18H,8-9,13H2,1-2H3/t15-/m1/s1. The second kappa shape index (κ2) is 7.31. The molecule has 1 fully saturated rings. The third-order valence-corrected chi connectivity index (χ3v) is 4.95. The van der Waals surface area contributed by atoms with Crippen LogP contribution >= 0.6 is 0 Å². The summed E-state index contributed by atoms with van der Waals surface area (Å²) in [5.41, 5.74) is 2.97. The Bertz CT molecular complexity index is 979. The predicted molar refractivity (Wildman–Crippen MR) is 102 cm³/mol. The molecular weight excluding hydrogens is 340 g/mol. The number of nitrogens with zero attached hydrogens (tertiary/aromatic N) is 4. The molecule has 1 aliphatic rings. The van der Waals surface area contributed by atoms with Gasteiger partial charge in [0.25, 0.3) is 0 Å². The van der Waals surface area contributed by atoms with Crippen LogP contribution in [0, 0.1) is 6.92 Å². The molecule has 0 amide bonds. The first-order valence-electron chi connectivity index (χ1n) is 9.20. The molecular formula is C21H22N4O2. The van der Waals surface area contributed by atoms with E-state index in [2.05, 4.69) is 39.2 Å². The van der Waals surface area contributed by atoms with Crippen molar-refractivity contribution in [2.24, 2.45) is 0 Å². The molecule has 138 valence electrons. The fourth-order valence-electron chi connectivity index (χ4n) is 3.28. The zero-order valence-electron chi connectivity index (χ0n) is 15.5. The van der Waals surface area contributed by atoms with Crippen LogP contribution in [0.25, 0.3) is 0 Å². The first kappa shape index (κ1) is 17.4. The molecule has 1 aliphatic carbocycles. The number of rotatable bonds is 6. The number of aromatic nitrogens is 4. The van der Waals surface area contributed by atoms with Gasteiger partial charge in [0, 0.05) is 24.2 Å². The molecule has 3 aromatic rings. The molecule has 0 unspecified atom stereocenters. The van der Waals surface area contributed by atoms with Crippen LogP contribution < -0.4 is 10.4 Å². The normalized spacial score (nSPS) is 14.7. The molecule has 1 aromatic carbocycles. The Hall–Kier alpha value is -3.02. The summed E-state index contributed by atoms with van der Waals surface area (Å²) in [5.74, 6) is 1.56. The summed E-state index contributed by atoms with van der Waals surface area (Å²) in [7, 11) is 0. The van der Waals surface area contributed by atoms with E-state index in [1.54, 1.807) is 29.1 Å². The van der Waals surface area contributed by atoms with Gasteiger partial charge < -0.3 is 4.74 Å². The van der Waals surface area contributed by atoms with Crippen molar-refractivity contribution in [2.75, 3.05) is 0 Å². The molecule has 4 rings (SSSR count). The first-order chi connectivity index (χ1) is 13.1. The van der Waals surface area contributed by atoms with Gasteiger partial charge >= 0.3 is 5.69 Å². The van der Waals surface area contributed by atoms with Gasteiger partial charge in [0.1, 0.15) is 6.61 Å². The van der Waals surface area contributed by atoms with E-state index in [1.807, 2.05) is 13.8 Å². The summed E-state index contributed by atoms with van der Waals surface area (Å²) >= 11 is 0. The number of aryl methyl sites for hydroxylation is 1. The largest absolute Gasteiger partial charge is 0.469 e. The van der Waals surface area contributed by atoms with E-state index < -0.39 is 0 Å². The van der Waals surface area contributed by atoms with Crippen molar-refractivity contribution in [2.45, 2.75) is 45.3 Å². The molecule has 27 heavy (non-hydrogen) atoms. The molecule has 6 heteroatoms. The monoisotopic (exact) mass is 362 g/mol. The Kier molecular flexibility index (Phi) is 4.71. The minimum absolute atomic E-state index is 0.0928. The van der Waals surface area contributed by atoms with Gasteiger partial charge in [-0.3, -0.25) is 4.57 Å². The van der Waals surface area contributed by atoms with Gasteiger partial charge in [0.15, 0.2) is 5.82 Å². The van der Waals surface area contributed by atoms with E-state index in [-0.39, 0.29) is 24.2 Å². The van der Waals surface area contributed by atoms with Crippen molar-refractivity contribution in [3.8, 4) is 5.88 Å². The van der Waals surface area contributed by atoms with E-state index in [9.17, 15) is 4.79 Å². The minimum Gasteiger partial charge on any atom is -0.469 e. The fourth-order valence-corrected chi connectivity index (χ4v) is 3.28. The van der Waals surface area contributed by atoms with Crippen LogP contribution in [0.3, 0.4) is 0 Å². The van der Waals surface area contributed by atoms with Gasteiger partial charge in [-0.2, -0.15) is 4.98 Å². The molecule has 1 saturated carbocycles. The summed E-state index contributed by atoms with van der Waals surface area (Å²) in [4.78, 5) is 24.9. The Morgan fingerprint density at radius 2 is 1.89 bits per heavy atom. The molecule has 2 heterocycles. The lowest BCUT2D eigenvalue weighted by molar-refractivity contribution is 0.280. The molecule has 0 bridgehead atoms. The van der Waals surface area contributed by atoms with Crippen LogP contribution in [0.4, 0.5) is 0 Å². The van der Waals surface area contributed by atoms with Gasteiger partial charge in [-0.05, 0) is 49.8 Å². The lowest BCUT2D eigenvalue weighted by Gasteiger charge is -2.19. The summed E-state index contributed by atoms with van der Waals surface area (Å²) in [6, 6.07) is 12.0. The lowest BCUT2D eigenvalue weighted by Crippen LogP contribution is -2.28. The average Bonchev–Trinajstić information content (AvgIpc) is 3.52. The number of hydrogen-bond donors (Lipinski definition) is 0. The molecule has 0 aliphatic heterocycles. The highest BCUT2D eigenvalue weighted by molar-refractivity contribution is 5.30. The Morgan fingerprint density at radius 1 is 1.19 bits per heavy atom. The smallest absolute Gasteiger partial charge is 0.351 e. The van der Waals surface area contributed by atoms with Crippen molar-refractivity contribution in [3.05, 3.63) is 81.9 Å². The third-order valence-electron chi connectivity index (χ3n) is 4.95. The average molecular weight is 362 g/mol. The lowest BCUT2D eigenvalue weighted by atomic mass is 10.0. The zero-order valence-corrected chi connectivity index (χ0v) is 15.5. The van der Waals surface area contributed by atoms with Crippen molar-refractivity contribution >= 4 is 0 Å². The van der Waals surface area contributed by atoms with Crippen molar-refractivity contribution in [1.82, 2.24) is 19.5 Å². The highest BCUT2D eigenvalue weighted by Crippen LogP contribution is 2.40. The maximum Gasteiger partial charge on any atom is 0.351 e. The van der Waals surface area contributed by atoms with Crippen LogP contribution in [-0.2, 0) is 6.61 Å². The summed E-state index contributed by atoms with van der Waals surface area (Å²) in [6.07, 6.45) is 5.87. The fraction of sp³-hybridized carbons (Fsp3) is 0.333. The highest BCUT2D eigenvalue weighted by Gasteiger charge is 2.23. The van der Waals surface area contributed by atoms with Gasteiger partial charge in [-0.25, -0.2) is 14.8 Å². The second-order valence-electron chi connectivity index (χ2n) is 6.96. The number of hydrogen-bond acceptors (Lipinski definition) is 5.